The molecule has 1 aromatic carbocycles. The summed E-state index contributed by atoms with van der Waals surface area (Å²) in [6, 6.07) is 13.6. The molecule has 0 radical (unpaired) electrons. The van der Waals surface area contributed by atoms with Crippen LogP contribution in [-0.2, 0) is 11.3 Å². The second kappa shape index (κ2) is 10.7. The fourth-order valence-corrected chi connectivity index (χ4v) is 4.23. The topological polar surface area (TPSA) is 121 Å². The van der Waals surface area contributed by atoms with Gasteiger partial charge in [-0.05, 0) is 37.6 Å². The van der Waals surface area contributed by atoms with Gasteiger partial charge in [-0.1, -0.05) is 12.1 Å². The second-order valence-corrected chi connectivity index (χ2v) is 9.23. The zero-order chi connectivity index (χ0) is 25.8. The number of rotatable bonds is 7. The molecule has 0 bridgehead atoms. The van der Waals surface area contributed by atoms with Crippen molar-refractivity contribution < 1.29 is 9.53 Å². The summed E-state index contributed by atoms with van der Waals surface area (Å²) in [7, 11) is 0. The van der Waals surface area contributed by atoms with Gasteiger partial charge in [-0.2, -0.15) is 15.0 Å². The van der Waals surface area contributed by atoms with Gasteiger partial charge in [0.25, 0.3) is 5.91 Å². The van der Waals surface area contributed by atoms with Gasteiger partial charge in [-0.3, -0.25) is 9.69 Å². The van der Waals surface area contributed by atoms with E-state index in [1.165, 1.54) is 11.8 Å². The Balaban J connectivity index is 1.36. The van der Waals surface area contributed by atoms with E-state index >= 15 is 0 Å². The van der Waals surface area contributed by atoms with Crippen LogP contribution < -0.4 is 10.6 Å². The van der Waals surface area contributed by atoms with Gasteiger partial charge in [-0.25, -0.2) is 9.97 Å². The quantitative estimate of drug-likeness (QED) is 0.398. The first-order valence-corrected chi connectivity index (χ1v) is 12.2. The zero-order valence-electron chi connectivity index (χ0n) is 20.8. The molecular weight excluding hydrogens is 468 g/mol. The van der Waals surface area contributed by atoms with Gasteiger partial charge in [0.1, 0.15) is 6.07 Å². The van der Waals surface area contributed by atoms with E-state index in [-0.39, 0.29) is 11.9 Å². The summed E-state index contributed by atoms with van der Waals surface area (Å²) in [5.41, 5.74) is 4.00. The number of hydrogen-bond donors (Lipinski definition) is 2. The number of fused-ring (bicyclic) bond motifs is 1. The first-order valence-electron chi connectivity index (χ1n) is 12.2. The molecule has 0 unspecified atom stereocenters. The van der Waals surface area contributed by atoms with Gasteiger partial charge in [0.05, 0.1) is 36.2 Å². The molecule has 1 fully saturated rings. The lowest BCUT2D eigenvalue weighted by Crippen LogP contribution is -2.35. The molecule has 3 aromatic heterocycles. The summed E-state index contributed by atoms with van der Waals surface area (Å²) in [6.45, 7) is 8.26. The molecule has 1 saturated heterocycles. The lowest BCUT2D eigenvalue weighted by Gasteiger charge is -2.26. The van der Waals surface area contributed by atoms with E-state index in [9.17, 15) is 4.79 Å². The van der Waals surface area contributed by atoms with Gasteiger partial charge < -0.3 is 15.4 Å². The van der Waals surface area contributed by atoms with E-state index < -0.39 is 0 Å². The average Bonchev–Trinajstić information content (AvgIpc) is 3.33. The maximum Gasteiger partial charge on any atom is 0.259 e. The highest BCUT2D eigenvalue weighted by Crippen LogP contribution is 2.23. The van der Waals surface area contributed by atoms with E-state index in [0.717, 1.165) is 38.2 Å². The number of nitriles is 1. The van der Waals surface area contributed by atoms with Crippen molar-refractivity contribution in [3.8, 4) is 11.9 Å². The molecule has 0 spiro atoms. The molecule has 10 nitrogen and oxygen atoms in total. The van der Waals surface area contributed by atoms with Crippen LogP contribution in [0.5, 0.6) is 0 Å². The van der Waals surface area contributed by atoms with Crippen molar-refractivity contribution in [2.24, 2.45) is 0 Å². The summed E-state index contributed by atoms with van der Waals surface area (Å²) in [4.78, 5) is 24.4. The molecule has 5 rings (SSSR count). The first-order chi connectivity index (χ1) is 18.0. The number of aromatic nitrogens is 4. The monoisotopic (exact) mass is 496 g/mol. The number of anilines is 2. The van der Waals surface area contributed by atoms with Crippen molar-refractivity contribution in [2.45, 2.75) is 26.4 Å². The molecule has 1 aliphatic heterocycles. The van der Waals surface area contributed by atoms with Crippen LogP contribution in [0.25, 0.3) is 16.9 Å². The number of carbonyl (C=O) groups excluding carboxylic acids is 1. The highest BCUT2D eigenvalue weighted by atomic mass is 16.5. The number of morpholine rings is 1. The fraction of sp³-hybridized carbons (Fsp3) is 0.296. The van der Waals surface area contributed by atoms with Crippen molar-refractivity contribution >= 4 is 28.3 Å². The summed E-state index contributed by atoms with van der Waals surface area (Å²) < 4.78 is 7.01. The van der Waals surface area contributed by atoms with Crippen molar-refractivity contribution in [3.05, 3.63) is 71.7 Å². The normalized spacial score (nSPS) is 14.0. The molecule has 0 atom stereocenters. The highest BCUT2D eigenvalue weighted by Gasteiger charge is 2.17. The SMILES string of the molecule is CC(C)Nc1cc(-n2ncc3cc(C#N)cnc32)ncc1C(=O)Nc1ccc(CN2CCOCC2)cc1. The number of amides is 1. The summed E-state index contributed by atoms with van der Waals surface area (Å²) >= 11 is 0. The number of benzene rings is 1. The van der Waals surface area contributed by atoms with Crippen molar-refractivity contribution in [3.63, 3.8) is 0 Å². The minimum atomic E-state index is -0.259. The van der Waals surface area contributed by atoms with Gasteiger partial charge in [0.2, 0.25) is 0 Å². The lowest BCUT2D eigenvalue weighted by molar-refractivity contribution is 0.0342. The van der Waals surface area contributed by atoms with Gasteiger partial charge >= 0.3 is 0 Å². The Kier molecular flexibility index (Phi) is 7.07. The second-order valence-electron chi connectivity index (χ2n) is 9.23. The number of nitrogens with one attached hydrogen (secondary N) is 2. The minimum absolute atomic E-state index is 0.0898. The third kappa shape index (κ3) is 5.58. The van der Waals surface area contributed by atoms with Crippen LogP contribution in [0.4, 0.5) is 11.4 Å². The number of nitrogens with zero attached hydrogens (tertiary/aromatic N) is 6. The van der Waals surface area contributed by atoms with E-state index in [4.69, 9.17) is 10.00 Å². The molecule has 0 saturated carbocycles. The van der Waals surface area contributed by atoms with Crippen LogP contribution in [0.1, 0.15) is 35.3 Å². The Hall–Kier alpha value is -4.33. The fourth-order valence-electron chi connectivity index (χ4n) is 4.23. The smallest absolute Gasteiger partial charge is 0.259 e. The predicted molar refractivity (Wildman–Crippen MR) is 141 cm³/mol. The highest BCUT2D eigenvalue weighted by molar-refractivity contribution is 6.08. The molecule has 10 heteroatoms. The number of ether oxygens (including phenoxy) is 1. The Bertz CT molecular complexity index is 1450. The van der Waals surface area contributed by atoms with E-state index in [1.807, 2.05) is 38.1 Å². The van der Waals surface area contributed by atoms with Gasteiger partial charge in [0.15, 0.2) is 11.5 Å². The van der Waals surface area contributed by atoms with Crippen LogP contribution in [-0.4, -0.2) is 62.9 Å². The Morgan fingerprint density at radius 2 is 1.89 bits per heavy atom. The first kappa shape index (κ1) is 24.4. The van der Waals surface area contributed by atoms with E-state index in [1.54, 1.807) is 29.2 Å². The third-order valence-electron chi connectivity index (χ3n) is 6.05. The molecule has 2 N–H and O–H groups in total. The van der Waals surface area contributed by atoms with Crippen LogP contribution in [0.3, 0.4) is 0 Å². The lowest BCUT2D eigenvalue weighted by atomic mass is 10.1. The molecule has 4 aromatic rings. The zero-order valence-corrected chi connectivity index (χ0v) is 20.8. The van der Waals surface area contributed by atoms with Crippen molar-refractivity contribution in [2.75, 3.05) is 36.9 Å². The molecule has 0 aliphatic carbocycles. The number of hydrogen-bond acceptors (Lipinski definition) is 8. The maximum absolute atomic E-state index is 13.2. The van der Waals surface area contributed by atoms with Crippen LogP contribution in [0.2, 0.25) is 0 Å². The average molecular weight is 497 g/mol. The molecule has 37 heavy (non-hydrogen) atoms. The molecule has 4 heterocycles. The summed E-state index contributed by atoms with van der Waals surface area (Å²) in [5.74, 6) is 0.254. The minimum Gasteiger partial charge on any atom is -0.382 e. The maximum atomic E-state index is 13.2. The van der Waals surface area contributed by atoms with Crippen molar-refractivity contribution in [1.82, 2.24) is 24.6 Å². The largest absolute Gasteiger partial charge is 0.382 e. The molecule has 1 amide bonds. The number of pyridine rings is 2. The Morgan fingerprint density at radius 1 is 1.11 bits per heavy atom. The number of carbonyl (C=O) groups is 1. The van der Waals surface area contributed by atoms with Crippen LogP contribution in [0.15, 0.2) is 55.0 Å². The van der Waals surface area contributed by atoms with Gasteiger partial charge in [0, 0.05) is 55.2 Å². The van der Waals surface area contributed by atoms with Gasteiger partial charge in [-0.15, -0.1) is 0 Å². The molecule has 1 aliphatic rings. The molecule has 188 valence electrons. The summed E-state index contributed by atoms with van der Waals surface area (Å²) in [5, 5.41) is 20.6. The standard InChI is InChI=1S/C27H28N8O2/c1-18(2)32-24-12-25(35-26-21(15-31-35)11-20(13-28)14-30-26)29-16-23(24)27(36)33-22-5-3-19(4-6-22)17-34-7-9-37-10-8-34/h3-6,11-12,14-16,18H,7-10,17H2,1-2H3,(H,29,32)(H,33,36). The summed E-state index contributed by atoms with van der Waals surface area (Å²) in [6.07, 6.45) is 4.69. The Labute approximate surface area is 214 Å². The van der Waals surface area contributed by atoms with E-state index in [0.29, 0.717) is 34.0 Å². The third-order valence-corrected chi connectivity index (χ3v) is 6.05. The Morgan fingerprint density at radius 3 is 2.62 bits per heavy atom. The van der Waals surface area contributed by atoms with Crippen molar-refractivity contribution in [1.29, 1.82) is 5.26 Å². The van der Waals surface area contributed by atoms with Crippen LogP contribution in [0, 0.1) is 11.3 Å². The van der Waals surface area contributed by atoms with Crippen LogP contribution >= 0.6 is 0 Å². The molecular formula is C27H28N8O2. The van der Waals surface area contributed by atoms with E-state index in [2.05, 4.69) is 36.7 Å². The predicted octanol–water partition coefficient (Wildman–Crippen LogP) is 3.59.